The Morgan fingerprint density at radius 3 is 2.16 bits per heavy atom. The zero-order chi connectivity index (χ0) is 14.7. The second kappa shape index (κ2) is 11.7. The predicted octanol–water partition coefficient (Wildman–Crippen LogP) is 3.34. The van der Waals surface area contributed by atoms with Gasteiger partial charge in [0.15, 0.2) is 0 Å². The van der Waals surface area contributed by atoms with Crippen molar-refractivity contribution in [3.05, 3.63) is 0 Å². The fraction of sp³-hybridized carbons (Fsp3) is 0.923. The van der Waals surface area contributed by atoms with E-state index in [0.717, 1.165) is 19.3 Å². The van der Waals surface area contributed by atoms with E-state index in [1.807, 2.05) is 27.7 Å². The van der Waals surface area contributed by atoms with E-state index in [2.05, 4.69) is 12.3 Å². The van der Waals surface area contributed by atoms with E-state index in [1.54, 1.807) is 0 Å². The van der Waals surface area contributed by atoms with Crippen molar-refractivity contribution in [2.75, 3.05) is 6.61 Å². The van der Waals surface area contributed by atoms with Gasteiger partial charge in [-0.1, -0.05) is 19.8 Å². The number of thioether (sulfide) groups is 1. The largest absolute Gasteiger partial charge is 0.484 e. The third-order valence-electron chi connectivity index (χ3n) is 2.28. The van der Waals surface area contributed by atoms with Crippen molar-refractivity contribution in [1.82, 2.24) is 0 Å². The highest BCUT2D eigenvalue weighted by Crippen LogP contribution is 2.17. The summed E-state index contributed by atoms with van der Waals surface area (Å²) >= 11 is 1.29. The fourth-order valence-electron chi connectivity index (χ4n) is 1.42. The Kier molecular flexibility index (Phi) is 11.7. The molecule has 0 aromatic heterocycles. The highest BCUT2D eigenvalue weighted by molar-refractivity contribution is 8.04. The minimum atomic E-state index is -2.09. The number of nitriles is 1. The van der Waals surface area contributed by atoms with Gasteiger partial charge in [-0.05, 0) is 45.9 Å². The molecule has 0 spiro atoms. The van der Waals surface area contributed by atoms with Gasteiger partial charge in [0.1, 0.15) is 5.40 Å². The molecule has 0 bridgehead atoms. The van der Waals surface area contributed by atoms with E-state index < -0.39 is 9.53 Å². The first-order valence-corrected chi connectivity index (χ1v) is 9.26. The topological polar surface area (TPSA) is 51.5 Å². The first-order valence-electron chi connectivity index (χ1n) is 6.96. The fourth-order valence-corrected chi connectivity index (χ4v) is 3.64. The Morgan fingerprint density at radius 1 is 1.16 bits per heavy atom. The molecular weight excluding hydrogens is 278 g/mol. The molecule has 0 N–H and O–H groups in total. The van der Waals surface area contributed by atoms with Crippen LogP contribution < -0.4 is 0 Å². The van der Waals surface area contributed by atoms with Gasteiger partial charge < -0.3 is 13.3 Å². The molecule has 1 unspecified atom stereocenters. The Labute approximate surface area is 123 Å². The molecular formula is C13H27NO3SSi. The molecule has 6 heteroatoms. The SMILES string of the molecule is CCCCC(CO[SiH](OC(C)C)OC(C)C)SC#N. The van der Waals surface area contributed by atoms with Crippen LogP contribution in [-0.4, -0.2) is 33.6 Å². The van der Waals surface area contributed by atoms with Crippen LogP contribution in [-0.2, 0) is 13.3 Å². The summed E-state index contributed by atoms with van der Waals surface area (Å²) in [7, 11) is -2.09. The second-order valence-corrected chi connectivity index (χ2v) is 7.51. The van der Waals surface area contributed by atoms with E-state index in [4.69, 9.17) is 18.5 Å². The Morgan fingerprint density at radius 2 is 1.74 bits per heavy atom. The molecule has 0 saturated carbocycles. The monoisotopic (exact) mass is 305 g/mol. The van der Waals surface area contributed by atoms with Crippen molar-refractivity contribution in [2.45, 2.75) is 71.3 Å². The van der Waals surface area contributed by atoms with Crippen LogP contribution in [0.25, 0.3) is 0 Å². The van der Waals surface area contributed by atoms with Crippen molar-refractivity contribution < 1.29 is 13.3 Å². The van der Waals surface area contributed by atoms with E-state index in [-0.39, 0.29) is 17.5 Å². The van der Waals surface area contributed by atoms with Crippen molar-refractivity contribution in [3.8, 4) is 5.40 Å². The third-order valence-corrected chi connectivity index (χ3v) is 5.09. The molecule has 0 amide bonds. The van der Waals surface area contributed by atoms with Crippen molar-refractivity contribution >= 4 is 21.3 Å². The lowest BCUT2D eigenvalue weighted by Gasteiger charge is -2.22. The Balaban J connectivity index is 4.19. The van der Waals surface area contributed by atoms with Crippen LogP contribution in [0.4, 0.5) is 0 Å². The molecule has 4 nitrogen and oxygen atoms in total. The normalized spacial score (nSPS) is 13.2. The summed E-state index contributed by atoms with van der Waals surface area (Å²) in [6.45, 7) is 10.6. The molecule has 0 rings (SSSR count). The number of hydrogen-bond acceptors (Lipinski definition) is 5. The van der Waals surface area contributed by atoms with Gasteiger partial charge in [0, 0.05) is 17.5 Å². The van der Waals surface area contributed by atoms with Gasteiger partial charge in [-0.25, -0.2) is 0 Å². The first-order chi connectivity index (χ1) is 8.99. The summed E-state index contributed by atoms with van der Waals surface area (Å²) in [5.41, 5.74) is 0. The van der Waals surface area contributed by atoms with Crippen LogP contribution in [0.5, 0.6) is 0 Å². The van der Waals surface area contributed by atoms with Gasteiger partial charge in [0.25, 0.3) is 0 Å². The standard InChI is InChI=1S/C13H27NO3SSi/c1-6-7-8-13(18-10-14)9-15-19(16-11(2)3)17-12(4)5/h11-13,19H,6-9H2,1-5H3. The Bertz CT molecular complexity index is 249. The summed E-state index contributed by atoms with van der Waals surface area (Å²) in [6, 6.07) is 0. The van der Waals surface area contributed by atoms with Gasteiger partial charge in [-0.2, -0.15) is 5.26 Å². The first kappa shape index (κ1) is 18.9. The Hall–Kier alpha value is -0.0631. The third kappa shape index (κ3) is 11.5. The lowest BCUT2D eigenvalue weighted by molar-refractivity contribution is 0.0503. The molecule has 112 valence electrons. The molecule has 0 heterocycles. The minimum Gasteiger partial charge on any atom is -0.375 e. The maximum atomic E-state index is 8.80. The van der Waals surface area contributed by atoms with Crippen molar-refractivity contribution in [1.29, 1.82) is 5.26 Å². The lowest BCUT2D eigenvalue weighted by Crippen LogP contribution is -2.34. The lowest BCUT2D eigenvalue weighted by atomic mass is 10.2. The summed E-state index contributed by atoms with van der Waals surface area (Å²) in [6.07, 6.45) is 3.46. The van der Waals surface area contributed by atoms with Crippen LogP contribution in [0.2, 0.25) is 0 Å². The molecule has 0 aliphatic rings. The molecule has 1 atom stereocenters. The van der Waals surface area contributed by atoms with Crippen LogP contribution in [0.3, 0.4) is 0 Å². The highest BCUT2D eigenvalue weighted by Gasteiger charge is 2.21. The van der Waals surface area contributed by atoms with Gasteiger partial charge in [-0.3, -0.25) is 0 Å². The van der Waals surface area contributed by atoms with Crippen LogP contribution in [0.1, 0.15) is 53.9 Å². The predicted molar refractivity (Wildman–Crippen MR) is 82.1 cm³/mol. The number of hydrogen-bond donors (Lipinski definition) is 0. The average Bonchev–Trinajstić information content (AvgIpc) is 2.31. The number of thiocyanates is 1. The molecule has 0 aromatic rings. The van der Waals surface area contributed by atoms with Gasteiger partial charge in [0.2, 0.25) is 0 Å². The van der Waals surface area contributed by atoms with Crippen molar-refractivity contribution in [2.24, 2.45) is 0 Å². The maximum Gasteiger partial charge on any atom is 0.484 e. The second-order valence-electron chi connectivity index (χ2n) is 4.97. The van der Waals surface area contributed by atoms with E-state index in [9.17, 15) is 0 Å². The van der Waals surface area contributed by atoms with E-state index in [1.165, 1.54) is 11.8 Å². The minimum absolute atomic E-state index is 0.105. The van der Waals surface area contributed by atoms with Crippen LogP contribution in [0.15, 0.2) is 0 Å². The smallest absolute Gasteiger partial charge is 0.375 e. The van der Waals surface area contributed by atoms with Gasteiger partial charge in [-0.15, -0.1) is 0 Å². The molecule has 0 aliphatic carbocycles. The molecule has 0 aliphatic heterocycles. The zero-order valence-corrected chi connectivity index (χ0v) is 14.7. The molecule has 0 aromatic carbocycles. The number of unbranched alkanes of at least 4 members (excludes halogenated alkanes) is 1. The summed E-state index contributed by atoms with van der Waals surface area (Å²) in [4.78, 5) is 0. The quantitative estimate of drug-likeness (QED) is 0.433. The summed E-state index contributed by atoms with van der Waals surface area (Å²) < 4.78 is 17.2. The van der Waals surface area contributed by atoms with E-state index >= 15 is 0 Å². The molecule has 0 fully saturated rings. The molecule has 0 radical (unpaired) electrons. The summed E-state index contributed by atoms with van der Waals surface area (Å²) in [5, 5.41) is 11.2. The number of nitrogens with zero attached hydrogens (tertiary/aromatic N) is 1. The van der Waals surface area contributed by atoms with Crippen molar-refractivity contribution in [3.63, 3.8) is 0 Å². The van der Waals surface area contributed by atoms with Gasteiger partial charge in [0.05, 0.1) is 6.61 Å². The van der Waals surface area contributed by atoms with Gasteiger partial charge >= 0.3 is 9.53 Å². The summed E-state index contributed by atoms with van der Waals surface area (Å²) in [5.74, 6) is 0. The van der Waals surface area contributed by atoms with Crippen LogP contribution >= 0.6 is 11.8 Å². The average molecular weight is 306 g/mol. The van der Waals surface area contributed by atoms with E-state index in [0.29, 0.717) is 6.61 Å². The zero-order valence-electron chi connectivity index (χ0n) is 12.7. The van der Waals surface area contributed by atoms with Crippen LogP contribution in [0, 0.1) is 10.7 Å². The maximum absolute atomic E-state index is 8.80. The number of rotatable bonds is 11. The highest BCUT2D eigenvalue weighted by atomic mass is 32.2. The molecule has 19 heavy (non-hydrogen) atoms. The molecule has 0 saturated heterocycles.